The Kier molecular flexibility index (Phi) is 7.76. The molecule has 1 aliphatic heterocycles. The molecule has 2 rings (SSSR count). The Morgan fingerprint density at radius 2 is 2.08 bits per heavy atom. The lowest BCUT2D eigenvalue weighted by Gasteiger charge is -2.33. The SMILES string of the molecule is CC[C@H](C)C(=O)N1CCC[C@@H](C(=O)NCCCOc2ccccc2)C1. The number of ether oxygens (including phenoxy) is 1. The second kappa shape index (κ2) is 10.1. The van der Waals surface area contributed by atoms with Gasteiger partial charge in [-0.3, -0.25) is 9.59 Å². The molecule has 0 unspecified atom stereocenters. The van der Waals surface area contributed by atoms with E-state index >= 15 is 0 Å². The number of nitrogens with one attached hydrogen (secondary N) is 1. The van der Waals surface area contributed by atoms with Crippen LogP contribution in [0.25, 0.3) is 0 Å². The lowest BCUT2D eigenvalue weighted by molar-refractivity contribution is -0.138. The van der Waals surface area contributed by atoms with Crippen molar-refractivity contribution in [1.82, 2.24) is 10.2 Å². The topological polar surface area (TPSA) is 58.6 Å². The minimum Gasteiger partial charge on any atom is -0.494 e. The zero-order valence-electron chi connectivity index (χ0n) is 15.4. The molecule has 0 spiro atoms. The quantitative estimate of drug-likeness (QED) is 0.737. The molecule has 0 saturated carbocycles. The van der Waals surface area contributed by atoms with Gasteiger partial charge in [-0.2, -0.15) is 0 Å². The summed E-state index contributed by atoms with van der Waals surface area (Å²) in [5.74, 6) is 1.03. The van der Waals surface area contributed by atoms with Crippen LogP contribution in [0.1, 0.15) is 39.5 Å². The molecule has 1 aliphatic rings. The minimum atomic E-state index is -0.0863. The first-order chi connectivity index (χ1) is 12.1. The molecule has 0 aromatic heterocycles. The number of hydrogen-bond acceptors (Lipinski definition) is 3. The van der Waals surface area contributed by atoms with Crippen LogP contribution in [0.15, 0.2) is 30.3 Å². The molecule has 1 aromatic carbocycles. The summed E-state index contributed by atoms with van der Waals surface area (Å²) < 4.78 is 5.62. The number of para-hydroxylation sites is 1. The largest absolute Gasteiger partial charge is 0.494 e. The van der Waals surface area contributed by atoms with Gasteiger partial charge in [-0.15, -0.1) is 0 Å². The van der Waals surface area contributed by atoms with Gasteiger partial charge >= 0.3 is 0 Å². The average Bonchev–Trinajstić information content (AvgIpc) is 2.67. The minimum absolute atomic E-state index is 0.0388. The van der Waals surface area contributed by atoms with Crippen LogP contribution in [0.2, 0.25) is 0 Å². The van der Waals surface area contributed by atoms with Crippen molar-refractivity contribution >= 4 is 11.8 Å². The number of amides is 2. The van der Waals surface area contributed by atoms with Gasteiger partial charge in [0.2, 0.25) is 11.8 Å². The second-order valence-corrected chi connectivity index (χ2v) is 6.74. The van der Waals surface area contributed by atoms with Crippen molar-refractivity contribution in [3.8, 4) is 5.75 Å². The van der Waals surface area contributed by atoms with Crippen LogP contribution in [0.3, 0.4) is 0 Å². The molecule has 1 fully saturated rings. The predicted molar refractivity (Wildman–Crippen MR) is 98.3 cm³/mol. The number of hydrogen-bond donors (Lipinski definition) is 1. The van der Waals surface area contributed by atoms with E-state index < -0.39 is 0 Å². The summed E-state index contributed by atoms with van der Waals surface area (Å²) >= 11 is 0. The molecule has 1 N–H and O–H groups in total. The van der Waals surface area contributed by atoms with Gasteiger partial charge in [0.15, 0.2) is 0 Å². The average molecular weight is 346 g/mol. The molecule has 0 bridgehead atoms. The van der Waals surface area contributed by atoms with Crippen LogP contribution < -0.4 is 10.1 Å². The maximum Gasteiger partial charge on any atom is 0.225 e. The first-order valence-corrected chi connectivity index (χ1v) is 9.36. The third-order valence-electron chi connectivity index (χ3n) is 4.77. The summed E-state index contributed by atoms with van der Waals surface area (Å²) in [5.41, 5.74) is 0. The van der Waals surface area contributed by atoms with E-state index in [4.69, 9.17) is 4.74 Å². The van der Waals surface area contributed by atoms with Gasteiger partial charge in [-0.1, -0.05) is 32.0 Å². The number of rotatable bonds is 8. The van der Waals surface area contributed by atoms with Crippen LogP contribution in [-0.4, -0.2) is 43.0 Å². The van der Waals surface area contributed by atoms with E-state index in [1.165, 1.54) is 0 Å². The number of likely N-dealkylation sites (tertiary alicyclic amines) is 1. The lowest BCUT2D eigenvalue weighted by atomic mass is 9.95. The lowest BCUT2D eigenvalue weighted by Crippen LogP contribution is -2.47. The summed E-state index contributed by atoms with van der Waals surface area (Å²) in [6.07, 6.45) is 3.37. The van der Waals surface area contributed by atoms with Crippen LogP contribution in [0.5, 0.6) is 5.75 Å². The molecule has 25 heavy (non-hydrogen) atoms. The highest BCUT2D eigenvalue weighted by Gasteiger charge is 2.29. The summed E-state index contributed by atoms with van der Waals surface area (Å²) in [7, 11) is 0. The van der Waals surface area contributed by atoms with Crippen molar-refractivity contribution in [1.29, 1.82) is 0 Å². The normalized spacial score (nSPS) is 18.5. The maximum atomic E-state index is 12.3. The Morgan fingerprint density at radius 3 is 2.80 bits per heavy atom. The fourth-order valence-corrected chi connectivity index (χ4v) is 3.01. The molecule has 138 valence electrons. The number of carbonyl (C=O) groups is 2. The van der Waals surface area contributed by atoms with Crippen LogP contribution in [-0.2, 0) is 9.59 Å². The third-order valence-corrected chi connectivity index (χ3v) is 4.77. The third kappa shape index (κ3) is 6.07. The first-order valence-electron chi connectivity index (χ1n) is 9.36. The van der Waals surface area contributed by atoms with Crippen molar-refractivity contribution in [3.05, 3.63) is 30.3 Å². The zero-order chi connectivity index (χ0) is 18.1. The van der Waals surface area contributed by atoms with E-state index in [9.17, 15) is 9.59 Å². The van der Waals surface area contributed by atoms with Crippen molar-refractivity contribution in [2.75, 3.05) is 26.2 Å². The number of nitrogens with zero attached hydrogens (tertiary/aromatic N) is 1. The van der Waals surface area contributed by atoms with Gasteiger partial charge in [0.05, 0.1) is 12.5 Å². The molecule has 1 heterocycles. The fraction of sp³-hybridized carbons (Fsp3) is 0.600. The maximum absolute atomic E-state index is 12.3. The molecule has 1 saturated heterocycles. The molecule has 5 nitrogen and oxygen atoms in total. The Morgan fingerprint density at radius 1 is 1.32 bits per heavy atom. The van der Waals surface area contributed by atoms with Crippen molar-refractivity contribution < 1.29 is 14.3 Å². The number of carbonyl (C=O) groups excluding carboxylic acids is 2. The number of piperidine rings is 1. The first kappa shape index (κ1) is 19.3. The highest BCUT2D eigenvalue weighted by Crippen LogP contribution is 2.19. The molecule has 0 aliphatic carbocycles. The summed E-state index contributed by atoms with van der Waals surface area (Å²) in [6, 6.07) is 9.67. The predicted octanol–water partition coefficient (Wildman–Crippen LogP) is 2.86. The molecule has 0 radical (unpaired) electrons. The highest BCUT2D eigenvalue weighted by molar-refractivity contribution is 5.82. The van der Waals surface area contributed by atoms with Crippen molar-refractivity contribution in [2.45, 2.75) is 39.5 Å². The van der Waals surface area contributed by atoms with Gasteiger partial charge in [-0.05, 0) is 37.8 Å². The van der Waals surface area contributed by atoms with E-state index in [0.29, 0.717) is 19.7 Å². The van der Waals surface area contributed by atoms with Gasteiger partial charge in [0, 0.05) is 25.6 Å². The highest BCUT2D eigenvalue weighted by atomic mass is 16.5. The summed E-state index contributed by atoms with van der Waals surface area (Å²) in [5, 5.41) is 2.98. The molecule has 2 amide bonds. The summed E-state index contributed by atoms with van der Waals surface area (Å²) in [4.78, 5) is 26.5. The Hall–Kier alpha value is -2.04. The van der Waals surface area contributed by atoms with Crippen LogP contribution >= 0.6 is 0 Å². The zero-order valence-corrected chi connectivity index (χ0v) is 15.4. The van der Waals surface area contributed by atoms with Crippen LogP contribution in [0, 0.1) is 11.8 Å². The van der Waals surface area contributed by atoms with E-state index in [0.717, 1.165) is 38.0 Å². The summed E-state index contributed by atoms with van der Waals surface area (Å²) in [6.45, 7) is 6.48. The molecule has 5 heteroatoms. The van der Waals surface area contributed by atoms with Gasteiger partial charge in [0.1, 0.15) is 5.75 Å². The molecule has 2 atom stereocenters. The number of benzene rings is 1. The van der Waals surface area contributed by atoms with Crippen molar-refractivity contribution in [2.24, 2.45) is 11.8 Å². The van der Waals surface area contributed by atoms with Gasteiger partial charge in [0.25, 0.3) is 0 Å². The molecular weight excluding hydrogens is 316 g/mol. The smallest absolute Gasteiger partial charge is 0.225 e. The van der Waals surface area contributed by atoms with E-state index in [1.54, 1.807) is 0 Å². The van der Waals surface area contributed by atoms with Gasteiger partial charge in [-0.25, -0.2) is 0 Å². The van der Waals surface area contributed by atoms with E-state index in [1.807, 2.05) is 49.1 Å². The Labute approximate surface area is 150 Å². The van der Waals surface area contributed by atoms with E-state index in [-0.39, 0.29) is 23.7 Å². The molecular formula is C20H30N2O3. The Balaban J connectivity index is 1.67. The fourth-order valence-electron chi connectivity index (χ4n) is 3.01. The second-order valence-electron chi connectivity index (χ2n) is 6.74. The molecule has 1 aromatic rings. The van der Waals surface area contributed by atoms with Gasteiger partial charge < -0.3 is 15.0 Å². The van der Waals surface area contributed by atoms with Crippen LogP contribution in [0.4, 0.5) is 0 Å². The van der Waals surface area contributed by atoms with E-state index in [2.05, 4.69) is 5.32 Å². The Bertz CT molecular complexity index is 547. The monoisotopic (exact) mass is 346 g/mol. The van der Waals surface area contributed by atoms with Crippen molar-refractivity contribution in [3.63, 3.8) is 0 Å². The standard InChI is InChI=1S/C20H30N2O3/c1-3-16(2)20(24)22-13-7-9-17(15-22)19(23)21-12-8-14-25-18-10-5-4-6-11-18/h4-6,10-11,16-17H,3,7-9,12-15H2,1-2H3,(H,21,23)/t16-,17+/m0/s1.